The maximum absolute atomic E-state index is 13.2. The number of carbonyl (C=O) groups is 1. The Kier molecular flexibility index (Phi) is 3.57. The summed E-state index contributed by atoms with van der Waals surface area (Å²) < 4.78 is 13.9. The molecule has 92 valence electrons. The van der Waals surface area contributed by atoms with Gasteiger partial charge in [-0.2, -0.15) is 0 Å². The summed E-state index contributed by atoms with van der Waals surface area (Å²) in [5.41, 5.74) is 6.07. The molecule has 0 aliphatic heterocycles. The van der Waals surface area contributed by atoms with Crippen LogP contribution in [0.4, 0.5) is 15.8 Å². The first-order valence-electron chi connectivity index (χ1n) is 5.04. The maximum Gasteiger partial charge on any atom is 0.255 e. The average Bonchev–Trinajstić information content (AvgIpc) is 2.35. The van der Waals surface area contributed by atoms with Crippen LogP contribution in [-0.4, -0.2) is 10.9 Å². The molecule has 0 saturated heterocycles. The normalized spacial score (nSPS) is 10.1. The van der Waals surface area contributed by atoms with Crippen molar-refractivity contribution in [3.63, 3.8) is 0 Å². The van der Waals surface area contributed by atoms with Crippen LogP contribution in [0.1, 0.15) is 10.4 Å². The van der Waals surface area contributed by atoms with Crippen molar-refractivity contribution in [2.45, 2.75) is 0 Å². The lowest BCUT2D eigenvalue weighted by Gasteiger charge is -2.05. The zero-order chi connectivity index (χ0) is 13.1. The van der Waals surface area contributed by atoms with E-state index in [0.717, 1.165) is 6.07 Å². The van der Waals surface area contributed by atoms with Crippen LogP contribution >= 0.6 is 15.9 Å². The number of nitrogens with zero attached hydrogens (tertiary/aromatic N) is 1. The number of pyridine rings is 1. The van der Waals surface area contributed by atoms with Crippen molar-refractivity contribution in [2.24, 2.45) is 0 Å². The molecule has 1 amide bonds. The van der Waals surface area contributed by atoms with E-state index < -0.39 is 11.7 Å². The van der Waals surface area contributed by atoms with Crippen molar-refractivity contribution in [2.75, 3.05) is 11.1 Å². The molecule has 0 saturated carbocycles. The third kappa shape index (κ3) is 2.84. The van der Waals surface area contributed by atoms with Gasteiger partial charge in [-0.15, -0.1) is 0 Å². The molecule has 6 heteroatoms. The molecule has 2 aromatic rings. The number of hydrogen-bond donors (Lipinski definition) is 2. The van der Waals surface area contributed by atoms with Gasteiger partial charge in [-0.25, -0.2) is 9.37 Å². The summed E-state index contributed by atoms with van der Waals surface area (Å²) in [7, 11) is 0. The van der Waals surface area contributed by atoms with Crippen LogP contribution in [0.3, 0.4) is 0 Å². The third-order valence-corrected chi connectivity index (χ3v) is 2.72. The molecule has 1 heterocycles. The number of hydrogen-bond acceptors (Lipinski definition) is 3. The van der Waals surface area contributed by atoms with Crippen molar-refractivity contribution in [3.05, 3.63) is 52.5 Å². The number of halogens is 2. The second-order valence-electron chi connectivity index (χ2n) is 3.56. The van der Waals surface area contributed by atoms with Gasteiger partial charge in [0.25, 0.3) is 5.91 Å². The monoisotopic (exact) mass is 309 g/mol. The first kappa shape index (κ1) is 12.5. The Labute approximate surface area is 111 Å². The number of benzene rings is 1. The highest BCUT2D eigenvalue weighted by molar-refractivity contribution is 9.10. The van der Waals surface area contributed by atoms with E-state index in [-0.39, 0.29) is 11.3 Å². The number of carbonyl (C=O) groups excluding carboxylic acids is 1. The first-order chi connectivity index (χ1) is 8.56. The van der Waals surface area contributed by atoms with Crippen LogP contribution < -0.4 is 11.1 Å². The van der Waals surface area contributed by atoms with E-state index in [2.05, 4.69) is 26.2 Å². The summed E-state index contributed by atoms with van der Waals surface area (Å²) in [5.74, 6) is -1.03. The second kappa shape index (κ2) is 5.14. The molecular formula is C12H9BrFN3O. The second-order valence-corrected chi connectivity index (χ2v) is 4.37. The minimum absolute atomic E-state index is 0.0110. The van der Waals surface area contributed by atoms with Gasteiger partial charge in [-0.1, -0.05) is 0 Å². The number of anilines is 2. The average molecular weight is 310 g/mol. The van der Waals surface area contributed by atoms with E-state index in [0.29, 0.717) is 10.3 Å². The fraction of sp³-hybridized carbons (Fsp3) is 0. The molecule has 0 aliphatic rings. The van der Waals surface area contributed by atoms with Crippen LogP contribution in [0.2, 0.25) is 0 Å². The van der Waals surface area contributed by atoms with Crippen molar-refractivity contribution < 1.29 is 9.18 Å². The quantitative estimate of drug-likeness (QED) is 0.662. The van der Waals surface area contributed by atoms with Crippen LogP contribution in [0.25, 0.3) is 0 Å². The Morgan fingerprint density at radius 1 is 1.33 bits per heavy atom. The van der Waals surface area contributed by atoms with Gasteiger partial charge in [0.2, 0.25) is 0 Å². The summed E-state index contributed by atoms with van der Waals surface area (Å²) in [6, 6.07) is 7.28. The number of nitrogens with two attached hydrogens (primary N) is 1. The van der Waals surface area contributed by atoms with E-state index in [9.17, 15) is 9.18 Å². The lowest BCUT2D eigenvalue weighted by molar-refractivity contribution is 0.102. The first-order valence-corrected chi connectivity index (χ1v) is 5.83. The highest BCUT2D eigenvalue weighted by Crippen LogP contribution is 2.15. The summed E-state index contributed by atoms with van der Waals surface area (Å²) in [6.45, 7) is 0. The van der Waals surface area contributed by atoms with Crippen molar-refractivity contribution in [1.29, 1.82) is 0 Å². The Morgan fingerprint density at radius 3 is 2.72 bits per heavy atom. The van der Waals surface area contributed by atoms with Crippen molar-refractivity contribution >= 4 is 33.2 Å². The Hall–Kier alpha value is -1.95. The molecule has 2 rings (SSSR count). The topological polar surface area (TPSA) is 68.0 Å². The van der Waals surface area contributed by atoms with Crippen LogP contribution in [-0.2, 0) is 0 Å². The highest BCUT2D eigenvalue weighted by atomic mass is 79.9. The van der Waals surface area contributed by atoms with Gasteiger partial charge in [-0.05, 0) is 46.3 Å². The molecule has 3 N–H and O–H groups in total. The largest absolute Gasteiger partial charge is 0.396 e. The van der Waals surface area contributed by atoms with Crippen molar-refractivity contribution in [1.82, 2.24) is 4.98 Å². The predicted molar refractivity (Wildman–Crippen MR) is 70.7 cm³/mol. The summed E-state index contributed by atoms with van der Waals surface area (Å²) in [5, 5.41) is 2.60. The summed E-state index contributed by atoms with van der Waals surface area (Å²) in [6.07, 6.45) is 1.50. The fourth-order valence-corrected chi connectivity index (χ4v) is 1.56. The molecule has 1 aromatic carbocycles. The number of aromatic nitrogens is 1. The minimum atomic E-state index is -0.614. The molecule has 0 bridgehead atoms. The molecule has 0 atom stereocenters. The van der Waals surface area contributed by atoms with Gasteiger partial charge in [0.05, 0.1) is 17.6 Å². The van der Waals surface area contributed by atoms with Gasteiger partial charge in [0, 0.05) is 5.56 Å². The number of amides is 1. The standard InChI is InChI=1S/C12H9BrFN3O/c13-11-4-2-8(6-16-11)17-12(18)7-1-3-10(15)9(14)5-7/h1-6H,15H2,(H,17,18). The zero-order valence-electron chi connectivity index (χ0n) is 9.15. The zero-order valence-corrected chi connectivity index (χ0v) is 10.7. The molecule has 18 heavy (non-hydrogen) atoms. The van der Waals surface area contributed by atoms with Gasteiger partial charge in [0.15, 0.2) is 0 Å². The summed E-state index contributed by atoms with van der Waals surface area (Å²) in [4.78, 5) is 15.8. The molecule has 4 nitrogen and oxygen atoms in total. The van der Waals surface area contributed by atoms with E-state index in [1.54, 1.807) is 12.1 Å². The molecule has 0 fully saturated rings. The third-order valence-electron chi connectivity index (χ3n) is 2.25. The minimum Gasteiger partial charge on any atom is -0.396 e. The molecular weight excluding hydrogens is 301 g/mol. The van der Waals surface area contributed by atoms with Gasteiger partial charge in [-0.3, -0.25) is 4.79 Å². The lowest BCUT2D eigenvalue weighted by Crippen LogP contribution is -2.12. The van der Waals surface area contributed by atoms with E-state index in [4.69, 9.17) is 5.73 Å². The smallest absolute Gasteiger partial charge is 0.255 e. The number of nitrogens with one attached hydrogen (secondary N) is 1. The predicted octanol–water partition coefficient (Wildman–Crippen LogP) is 2.82. The van der Waals surface area contributed by atoms with Crippen LogP contribution in [0.5, 0.6) is 0 Å². The van der Waals surface area contributed by atoms with Crippen molar-refractivity contribution in [3.8, 4) is 0 Å². The Bertz CT molecular complexity index is 586. The van der Waals surface area contributed by atoms with E-state index >= 15 is 0 Å². The number of nitrogen functional groups attached to an aromatic ring is 1. The molecule has 0 unspecified atom stereocenters. The summed E-state index contributed by atoms with van der Waals surface area (Å²) >= 11 is 3.19. The molecule has 0 spiro atoms. The van der Waals surface area contributed by atoms with Gasteiger partial charge in [0.1, 0.15) is 10.4 Å². The van der Waals surface area contributed by atoms with E-state index in [1.165, 1.54) is 18.3 Å². The number of rotatable bonds is 2. The molecule has 0 radical (unpaired) electrons. The van der Waals surface area contributed by atoms with Gasteiger partial charge >= 0.3 is 0 Å². The Morgan fingerprint density at radius 2 is 2.11 bits per heavy atom. The molecule has 0 aliphatic carbocycles. The molecule has 1 aromatic heterocycles. The van der Waals surface area contributed by atoms with Gasteiger partial charge < -0.3 is 11.1 Å². The lowest BCUT2D eigenvalue weighted by atomic mass is 10.2. The fourth-order valence-electron chi connectivity index (χ4n) is 1.32. The highest BCUT2D eigenvalue weighted by Gasteiger charge is 2.08. The maximum atomic E-state index is 13.2. The Balaban J connectivity index is 2.16. The van der Waals surface area contributed by atoms with Crippen LogP contribution in [0.15, 0.2) is 41.1 Å². The van der Waals surface area contributed by atoms with Crippen LogP contribution in [0, 0.1) is 5.82 Å². The SMILES string of the molecule is Nc1ccc(C(=O)Nc2ccc(Br)nc2)cc1F. The van der Waals surface area contributed by atoms with E-state index in [1.807, 2.05) is 0 Å².